The molecule has 0 spiro atoms. The molecule has 150 valence electrons. The van der Waals surface area contributed by atoms with Crippen LogP contribution in [0.2, 0.25) is 0 Å². The van der Waals surface area contributed by atoms with E-state index in [0.717, 1.165) is 11.4 Å². The van der Waals surface area contributed by atoms with E-state index in [2.05, 4.69) is 16.0 Å². The van der Waals surface area contributed by atoms with Gasteiger partial charge in [-0.3, -0.25) is 4.79 Å². The van der Waals surface area contributed by atoms with Crippen LogP contribution in [-0.2, 0) is 4.74 Å². The van der Waals surface area contributed by atoms with Crippen LogP contribution < -0.4 is 25.9 Å². The number of para-hydroxylation sites is 2. The first-order valence-electron chi connectivity index (χ1n) is 9.69. The highest BCUT2D eigenvalue weighted by molar-refractivity contribution is 5.58. The fourth-order valence-corrected chi connectivity index (χ4v) is 4.63. The summed E-state index contributed by atoms with van der Waals surface area (Å²) in [6.45, 7) is 2.36. The average molecular weight is 395 g/mol. The third-order valence-corrected chi connectivity index (χ3v) is 6.03. The lowest BCUT2D eigenvalue weighted by Gasteiger charge is -2.37. The zero-order valence-electron chi connectivity index (χ0n) is 16.0. The van der Waals surface area contributed by atoms with Gasteiger partial charge in [-0.1, -0.05) is 12.1 Å². The van der Waals surface area contributed by atoms with Gasteiger partial charge in [0.15, 0.2) is 0 Å². The highest BCUT2D eigenvalue weighted by atomic mass is 16.5. The number of hydrogen-bond donors (Lipinski definition) is 1. The Balaban J connectivity index is 1.42. The van der Waals surface area contributed by atoms with E-state index in [1.54, 1.807) is 12.1 Å². The molecule has 3 atom stereocenters. The first-order chi connectivity index (χ1) is 14.1. The van der Waals surface area contributed by atoms with E-state index in [0.29, 0.717) is 43.9 Å². The molecule has 3 aliphatic heterocycles. The minimum atomic E-state index is -0.502. The van der Waals surface area contributed by atoms with Crippen molar-refractivity contribution in [2.24, 2.45) is 5.92 Å². The van der Waals surface area contributed by atoms with Crippen LogP contribution in [0.5, 0.6) is 5.75 Å². The number of methoxy groups -OCH3 is 1. The van der Waals surface area contributed by atoms with Gasteiger partial charge in [0.05, 0.1) is 55.2 Å². The van der Waals surface area contributed by atoms with Gasteiger partial charge in [-0.2, -0.15) is 9.94 Å². The molecule has 9 heteroatoms. The van der Waals surface area contributed by atoms with Crippen molar-refractivity contribution in [2.45, 2.75) is 18.6 Å². The van der Waals surface area contributed by atoms with Crippen molar-refractivity contribution in [3.8, 4) is 11.8 Å². The second kappa shape index (κ2) is 6.67. The van der Waals surface area contributed by atoms with E-state index in [9.17, 15) is 14.9 Å². The highest BCUT2D eigenvalue weighted by Gasteiger charge is 2.48. The summed E-state index contributed by atoms with van der Waals surface area (Å²) in [5.41, 5.74) is 1.16. The Morgan fingerprint density at radius 2 is 1.97 bits per heavy atom. The van der Waals surface area contributed by atoms with Crippen LogP contribution in [0, 0.1) is 17.2 Å². The monoisotopic (exact) mass is 395 g/mol. The molecule has 9 nitrogen and oxygen atoms in total. The predicted octanol–water partition coefficient (Wildman–Crippen LogP) is 0.659. The van der Waals surface area contributed by atoms with Crippen LogP contribution in [0.15, 0.2) is 33.9 Å². The molecule has 4 heterocycles. The standard InChI is InChI=1S/C20H21N5O4/c1-28-14-5-3-2-4-13(14)23-6-8-24(9-7-23)25-19(26)16-15-10-12(11-21)18(29-15)17(16)22-20(25)27/h2-5,12,15,18H,6-10H2,1H3,(H,22,27)/t12-,15-,18+/m1/s1. The summed E-state index contributed by atoms with van der Waals surface area (Å²) in [5.74, 6) is 0.483. The summed E-state index contributed by atoms with van der Waals surface area (Å²) < 4.78 is 12.4. The van der Waals surface area contributed by atoms with Gasteiger partial charge in [0.1, 0.15) is 11.9 Å². The molecule has 2 saturated heterocycles. The zero-order valence-corrected chi connectivity index (χ0v) is 16.0. The van der Waals surface area contributed by atoms with Gasteiger partial charge in [0, 0.05) is 13.1 Å². The molecule has 0 radical (unpaired) electrons. The molecule has 0 unspecified atom stereocenters. The number of aromatic nitrogens is 2. The predicted molar refractivity (Wildman–Crippen MR) is 105 cm³/mol. The van der Waals surface area contributed by atoms with Crippen LogP contribution >= 0.6 is 0 Å². The number of nitrogens with zero attached hydrogens (tertiary/aromatic N) is 4. The molecule has 5 rings (SSSR count). The topological polar surface area (TPSA) is 104 Å². The van der Waals surface area contributed by atoms with E-state index >= 15 is 0 Å². The summed E-state index contributed by atoms with van der Waals surface area (Å²) in [4.78, 5) is 30.8. The van der Waals surface area contributed by atoms with Crippen molar-refractivity contribution in [3.05, 3.63) is 56.4 Å². The minimum absolute atomic E-state index is 0.317. The summed E-state index contributed by atoms with van der Waals surface area (Å²) in [7, 11) is 1.64. The number of benzene rings is 1. The summed E-state index contributed by atoms with van der Waals surface area (Å²) in [5, 5.41) is 11.0. The SMILES string of the molecule is COc1ccccc1N1CCN(n2c(=O)[nH]c3c(c2=O)[C@H]2C[C@H](C#N)[C@@H]3O2)CC1. The van der Waals surface area contributed by atoms with Crippen LogP contribution in [0.3, 0.4) is 0 Å². The van der Waals surface area contributed by atoms with Gasteiger partial charge >= 0.3 is 5.69 Å². The molecule has 0 amide bonds. The quantitative estimate of drug-likeness (QED) is 0.814. The van der Waals surface area contributed by atoms with Crippen molar-refractivity contribution < 1.29 is 9.47 Å². The van der Waals surface area contributed by atoms with Crippen LogP contribution in [0.4, 0.5) is 5.69 Å². The summed E-state index contributed by atoms with van der Waals surface area (Å²) in [6, 6.07) is 10.0. The number of hydrogen-bond acceptors (Lipinski definition) is 7. The van der Waals surface area contributed by atoms with Gasteiger partial charge in [-0.05, 0) is 18.6 Å². The van der Waals surface area contributed by atoms with Crippen molar-refractivity contribution in [3.63, 3.8) is 0 Å². The van der Waals surface area contributed by atoms with Crippen molar-refractivity contribution in [2.75, 3.05) is 43.2 Å². The lowest BCUT2D eigenvalue weighted by molar-refractivity contribution is 0.0637. The molecule has 2 bridgehead atoms. The summed E-state index contributed by atoms with van der Waals surface area (Å²) >= 11 is 0. The maximum absolute atomic E-state index is 13.1. The normalized spacial score (nSPS) is 25.0. The van der Waals surface area contributed by atoms with Crippen molar-refractivity contribution in [1.29, 1.82) is 5.26 Å². The van der Waals surface area contributed by atoms with E-state index < -0.39 is 17.9 Å². The minimum Gasteiger partial charge on any atom is -0.495 e. The lowest BCUT2D eigenvalue weighted by Crippen LogP contribution is -2.59. The van der Waals surface area contributed by atoms with E-state index in [-0.39, 0.29) is 11.5 Å². The zero-order chi connectivity index (χ0) is 20.1. The number of ether oxygens (including phenoxy) is 2. The number of piperazine rings is 1. The van der Waals surface area contributed by atoms with E-state index in [1.165, 1.54) is 4.68 Å². The maximum Gasteiger partial charge on any atom is 0.347 e. The van der Waals surface area contributed by atoms with E-state index in [4.69, 9.17) is 9.47 Å². The second-order valence-corrected chi connectivity index (χ2v) is 7.50. The first-order valence-corrected chi connectivity index (χ1v) is 9.69. The maximum atomic E-state index is 13.1. The molecular weight excluding hydrogens is 374 g/mol. The highest BCUT2D eigenvalue weighted by Crippen LogP contribution is 2.51. The Morgan fingerprint density at radius 3 is 2.69 bits per heavy atom. The molecule has 1 aromatic carbocycles. The molecule has 0 saturated carbocycles. The third kappa shape index (κ3) is 2.63. The van der Waals surface area contributed by atoms with Gasteiger partial charge < -0.3 is 24.4 Å². The molecule has 2 fully saturated rings. The number of H-pyrrole nitrogens is 1. The Labute approximate surface area is 166 Å². The van der Waals surface area contributed by atoms with Crippen LogP contribution in [-0.4, -0.2) is 42.9 Å². The molecule has 2 aromatic rings. The number of nitriles is 1. The van der Waals surface area contributed by atoms with Gasteiger partial charge in [-0.25, -0.2) is 4.79 Å². The second-order valence-electron chi connectivity index (χ2n) is 7.50. The van der Waals surface area contributed by atoms with E-state index in [1.807, 2.05) is 24.3 Å². The fraction of sp³-hybridized carbons (Fsp3) is 0.450. The molecule has 1 N–H and O–H groups in total. The van der Waals surface area contributed by atoms with Gasteiger partial charge in [0.25, 0.3) is 5.56 Å². The molecule has 1 aromatic heterocycles. The number of aromatic amines is 1. The van der Waals surface area contributed by atoms with Gasteiger partial charge in [0.2, 0.25) is 0 Å². The Hall–Kier alpha value is -3.25. The number of fused-ring (bicyclic) bond motifs is 5. The Kier molecular flexibility index (Phi) is 4.10. The van der Waals surface area contributed by atoms with Crippen molar-refractivity contribution in [1.82, 2.24) is 9.66 Å². The lowest BCUT2D eigenvalue weighted by atomic mass is 9.88. The number of nitrogens with one attached hydrogen (secondary N) is 1. The average Bonchev–Trinajstić information content (AvgIpc) is 3.33. The fourth-order valence-electron chi connectivity index (χ4n) is 4.63. The Bertz CT molecular complexity index is 1110. The van der Waals surface area contributed by atoms with Crippen LogP contribution in [0.1, 0.15) is 29.9 Å². The molecular formula is C20H21N5O4. The molecule has 3 aliphatic rings. The van der Waals surface area contributed by atoms with Crippen molar-refractivity contribution >= 4 is 5.69 Å². The first kappa shape index (κ1) is 17.8. The smallest absolute Gasteiger partial charge is 0.347 e. The van der Waals surface area contributed by atoms with Gasteiger partial charge in [-0.15, -0.1) is 0 Å². The Morgan fingerprint density at radius 1 is 1.21 bits per heavy atom. The summed E-state index contributed by atoms with van der Waals surface area (Å²) in [6.07, 6.45) is -0.417. The molecule has 29 heavy (non-hydrogen) atoms. The molecule has 0 aliphatic carbocycles. The van der Waals surface area contributed by atoms with Crippen LogP contribution in [0.25, 0.3) is 0 Å². The number of anilines is 1. The number of rotatable bonds is 3. The third-order valence-electron chi connectivity index (χ3n) is 6.03. The largest absolute Gasteiger partial charge is 0.495 e.